The Morgan fingerprint density at radius 1 is 1.59 bits per heavy atom. The van der Waals surface area contributed by atoms with Gasteiger partial charge >= 0.3 is 0 Å². The normalized spacial score (nSPS) is 13.9. The summed E-state index contributed by atoms with van der Waals surface area (Å²) in [5.41, 5.74) is 0.865. The number of nitrogens with zero attached hydrogens (tertiary/aromatic N) is 2. The maximum atomic E-state index is 11.4. The van der Waals surface area contributed by atoms with Crippen LogP contribution in [0.3, 0.4) is 0 Å². The summed E-state index contributed by atoms with van der Waals surface area (Å²) in [6, 6.07) is -0.230. The van der Waals surface area contributed by atoms with E-state index in [9.17, 15) is 8.42 Å². The quantitative estimate of drug-likeness (QED) is 0.856. The molecule has 0 amide bonds. The number of halogens is 1. The van der Waals surface area contributed by atoms with Gasteiger partial charge in [0.15, 0.2) is 0 Å². The first-order chi connectivity index (χ1) is 7.85. The molecule has 0 saturated heterocycles. The van der Waals surface area contributed by atoms with Crippen molar-refractivity contribution in [3.8, 4) is 0 Å². The molecule has 0 spiro atoms. The van der Waals surface area contributed by atoms with Crippen molar-refractivity contribution in [2.24, 2.45) is 7.05 Å². The van der Waals surface area contributed by atoms with Crippen LogP contribution in [0.2, 0.25) is 0 Å². The van der Waals surface area contributed by atoms with Crippen molar-refractivity contribution < 1.29 is 8.42 Å². The maximum Gasteiger partial charge on any atom is 0.149 e. The van der Waals surface area contributed by atoms with E-state index in [0.717, 1.165) is 23.1 Å². The summed E-state index contributed by atoms with van der Waals surface area (Å²) >= 11 is 3.40. The Hall–Kier alpha value is -0.400. The summed E-state index contributed by atoms with van der Waals surface area (Å²) in [6.45, 7) is 2.82. The van der Waals surface area contributed by atoms with Crippen LogP contribution in [-0.2, 0) is 16.9 Å². The van der Waals surface area contributed by atoms with Crippen molar-refractivity contribution in [2.45, 2.75) is 19.4 Å². The molecule has 0 saturated carbocycles. The Kier molecular flexibility index (Phi) is 5.15. The van der Waals surface area contributed by atoms with E-state index in [0.29, 0.717) is 0 Å². The second kappa shape index (κ2) is 5.97. The van der Waals surface area contributed by atoms with Crippen molar-refractivity contribution in [1.29, 1.82) is 0 Å². The van der Waals surface area contributed by atoms with Crippen LogP contribution in [0.1, 0.15) is 25.1 Å². The Labute approximate surface area is 111 Å². The van der Waals surface area contributed by atoms with Crippen molar-refractivity contribution in [1.82, 2.24) is 15.1 Å². The number of nitrogens with one attached hydrogen (secondary N) is 1. The van der Waals surface area contributed by atoms with Crippen LogP contribution < -0.4 is 5.32 Å². The molecule has 0 aromatic carbocycles. The van der Waals surface area contributed by atoms with E-state index in [-0.39, 0.29) is 11.8 Å². The fraction of sp³-hybridized carbons (Fsp3) is 0.700. The van der Waals surface area contributed by atoms with Gasteiger partial charge in [0.05, 0.1) is 28.2 Å². The average molecular weight is 324 g/mol. The maximum absolute atomic E-state index is 11.4. The number of rotatable bonds is 6. The molecule has 0 aliphatic heterocycles. The highest BCUT2D eigenvalue weighted by molar-refractivity contribution is 9.10. The Bertz CT molecular complexity index is 450. The van der Waals surface area contributed by atoms with Gasteiger partial charge in [-0.1, -0.05) is 6.92 Å². The number of aromatic nitrogens is 2. The lowest BCUT2D eigenvalue weighted by atomic mass is 10.2. The van der Waals surface area contributed by atoms with Crippen LogP contribution >= 0.6 is 15.9 Å². The highest BCUT2D eigenvalue weighted by atomic mass is 79.9. The number of hydrogen-bond donors (Lipinski definition) is 1. The van der Waals surface area contributed by atoms with Crippen LogP contribution in [0, 0.1) is 0 Å². The molecule has 0 radical (unpaired) electrons. The first kappa shape index (κ1) is 14.7. The van der Waals surface area contributed by atoms with Gasteiger partial charge in [0, 0.05) is 13.3 Å². The van der Waals surface area contributed by atoms with E-state index in [1.54, 1.807) is 10.9 Å². The molecule has 0 aliphatic rings. The molecule has 1 atom stereocenters. The fourth-order valence-corrected chi connectivity index (χ4v) is 3.17. The summed E-state index contributed by atoms with van der Waals surface area (Å²) in [6.07, 6.45) is 3.88. The van der Waals surface area contributed by atoms with Crippen LogP contribution in [0.4, 0.5) is 0 Å². The molecule has 1 N–H and O–H groups in total. The standard InChI is InChI=1S/C10H18BrN3O2S/c1-4-5-12-9(7-17(3,15)16)10-8(11)6-13-14(10)2/h6,9,12H,4-5,7H2,1-3H3. The summed E-state index contributed by atoms with van der Waals surface area (Å²) in [5, 5.41) is 7.35. The molecule has 1 unspecified atom stereocenters. The van der Waals surface area contributed by atoms with Gasteiger partial charge in [0.1, 0.15) is 9.84 Å². The van der Waals surface area contributed by atoms with Gasteiger partial charge in [-0.2, -0.15) is 5.10 Å². The largest absolute Gasteiger partial charge is 0.308 e. The van der Waals surface area contributed by atoms with Gasteiger partial charge in [-0.15, -0.1) is 0 Å². The molecular formula is C10H18BrN3O2S. The second-order valence-corrected chi connectivity index (χ2v) is 7.14. The molecule has 5 nitrogen and oxygen atoms in total. The van der Waals surface area contributed by atoms with E-state index in [2.05, 4.69) is 26.3 Å². The molecular weight excluding hydrogens is 306 g/mol. The molecule has 0 bridgehead atoms. The molecule has 0 fully saturated rings. The first-order valence-corrected chi connectivity index (χ1v) is 8.29. The van der Waals surface area contributed by atoms with Gasteiger partial charge in [-0.3, -0.25) is 4.68 Å². The topological polar surface area (TPSA) is 64.0 Å². The number of aryl methyl sites for hydroxylation is 1. The van der Waals surface area contributed by atoms with Gasteiger partial charge in [-0.25, -0.2) is 8.42 Å². The molecule has 7 heteroatoms. The Morgan fingerprint density at radius 2 is 2.24 bits per heavy atom. The molecule has 17 heavy (non-hydrogen) atoms. The second-order valence-electron chi connectivity index (χ2n) is 4.10. The molecule has 98 valence electrons. The van der Waals surface area contributed by atoms with Crippen LogP contribution in [0.15, 0.2) is 10.7 Å². The summed E-state index contributed by atoms with van der Waals surface area (Å²) < 4.78 is 25.4. The first-order valence-electron chi connectivity index (χ1n) is 5.43. The van der Waals surface area contributed by atoms with Gasteiger partial charge < -0.3 is 5.32 Å². The zero-order valence-electron chi connectivity index (χ0n) is 10.3. The van der Waals surface area contributed by atoms with E-state index < -0.39 is 9.84 Å². The summed E-state index contributed by atoms with van der Waals surface area (Å²) in [7, 11) is -1.23. The van der Waals surface area contributed by atoms with Gasteiger partial charge in [0.25, 0.3) is 0 Å². The van der Waals surface area contributed by atoms with Crippen molar-refractivity contribution in [3.63, 3.8) is 0 Å². The Balaban J connectivity index is 2.97. The van der Waals surface area contributed by atoms with E-state index >= 15 is 0 Å². The molecule has 1 rings (SSSR count). The van der Waals surface area contributed by atoms with Crippen LogP contribution in [0.5, 0.6) is 0 Å². The number of hydrogen-bond acceptors (Lipinski definition) is 4. The minimum absolute atomic E-state index is 0.0745. The third kappa shape index (κ3) is 4.40. The summed E-state index contributed by atoms with van der Waals surface area (Å²) in [5.74, 6) is 0.0745. The van der Waals surface area contributed by atoms with E-state index in [1.807, 2.05) is 14.0 Å². The van der Waals surface area contributed by atoms with Crippen molar-refractivity contribution >= 4 is 25.8 Å². The number of sulfone groups is 1. The predicted octanol–water partition coefficient (Wildman–Crippen LogP) is 1.27. The lowest BCUT2D eigenvalue weighted by Crippen LogP contribution is -2.30. The molecule has 1 heterocycles. The highest BCUT2D eigenvalue weighted by Crippen LogP contribution is 2.23. The Morgan fingerprint density at radius 3 is 2.65 bits per heavy atom. The van der Waals surface area contributed by atoms with Gasteiger partial charge in [0.2, 0.25) is 0 Å². The fourth-order valence-electron chi connectivity index (χ4n) is 1.67. The van der Waals surface area contributed by atoms with Crippen molar-refractivity contribution in [3.05, 3.63) is 16.4 Å². The third-order valence-electron chi connectivity index (χ3n) is 2.38. The van der Waals surface area contributed by atoms with Crippen LogP contribution in [-0.4, -0.2) is 36.8 Å². The van der Waals surface area contributed by atoms with Crippen molar-refractivity contribution in [2.75, 3.05) is 18.6 Å². The average Bonchev–Trinajstić information content (AvgIpc) is 2.52. The zero-order valence-corrected chi connectivity index (χ0v) is 12.7. The molecule has 1 aromatic rings. The summed E-state index contributed by atoms with van der Waals surface area (Å²) in [4.78, 5) is 0. The lowest BCUT2D eigenvalue weighted by Gasteiger charge is -2.18. The minimum Gasteiger partial charge on any atom is -0.308 e. The smallest absolute Gasteiger partial charge is 0.149 e. The monoisotopic (exact) mass is 323 g/mol. The molecule has 0 aliphatic carbocycles. The lowest BCUT2D eigenvalue weighted by molar-refractivity contribution is 0.517. The molecule has 1 aromatic heterocycles. The zero-order chi connectivity index (χ0) is 13.1. The van der Waals surface area contributed by atoms with Gasteiger partial charge in [-0.05, 0) is 28.9 Å². The van der Waals surface area contributed by atoms with Crippen LogP contribution in [0.25, 0.3) is 0 Å². The predicted molar refractivity (Wildman–Crippen MR) is 71.7 cm³/mol. The van der Waals surface area contributed by atoms with E-state index in [1.165, 1.54) is 6.26 Å². The minimum atomic E-state index is -3.04. The van der Waals surface area contributed by atoms with E-state index in [4.69, 9.17) is 0 Å². The third-order valence-corrected chi connectivity index (χ3v) is 3.93. The highest BCUT2D eigenvalue weighted by Gasteiger charge is 2.22. The SMILES string of the molecule is CCCNC(CS(C)(=O)=O)c1c(Br)cnn1C.